The Morgan fingerprint density at radius 2 is 1.66 bits per heavy atom. The maximum atomic E-state index is 13.4. The highest BCUT2D eigenvalue weighted by molar-refractivity contribution is 5.88. The summed E-state index contributed by atoms with van der Waals surface area (Å²) in [4.78, 5) is 32.4. The highest BCUT2D eigenvalue weighted by Crippen LogP contribution is 2.27. The minimum Gasteiger partial charge on any atom is -0.491 e. The molecule has 0 saturated carbocycles. The van der Waals surface area contributed by atoms with Crippen LogP contribution in [0.3, 0.4) is 0 Å². The first-order valence-corrected chi connectivity index (χ1v) is 12.3. The Labute approximate surface area is 191 Å². The first-order chi connectivity index (χ1) is 15.6. The molecule has 7 nitrogen and oxygen atoms in total. The number of para-hydroxylation sites is 1. The number of piperidine rings is 1. The van der Waals surface area contributed by atoms with E-state index in [0.717, 1.165) is 38.9 Å². The van der Waals surface area contributed by atoms with E-state index in [1.807, 2.05) is 30.3 Å². The van der Waals surface area contributed by atoms with Crippen LogP contribution in [0.5, 0.6) is 5.75 Å². The van der Waals surface area contributed by atoms with Crippen molar-refractivity contribution in [1.82, 2.24) is 14.7 Å². The van der Waals surface area contributed by atoms with E-state index >= 15 is 0 Å². The summed E-state index contributed by atoms with van der Waals surface area (Å²) >= 11 is 0. The van der Waals surface area contributed by atoms with Gasteiger partial charge in [-0.15, -0.1) is 0 Å². The third-order valence-corrected chi connectivity index (χ3v) is 7.14. The summed E-state index contributed by atoms with van der Waals surface area (Å²) in [5.41, 5.74) is 0. The lowest BCUT2D eigenvalue weighted by molar-refractivity contribution is -0.146. The summed E-state index contributed by atoms with van der Waals surface area (Å²) in [5, 5.41) is 10.8. The summed E-state index contributed by atoms with van der Waals surface area (Å²) in [6.45, 7) is 4.40. The molecule has 3 fully saturated rings. The molecule has 3 atom stereocenters. The van der Waals surface area contributed by atoms with Gasteiger partial charge in [-0.25, -0.2) is 0 Å². The van der Waals surface area contributed by atoms with Gasteiger partial charge in [0, 0.05) is 26.1 Å². The smallest absolute Gasteiger partial charge is 0.245 e. The second-order valence-electron chi connectivity index (χ2n) is 9.33. The first-order valence-electron chi connectivity index (χ1n) is 12.3. The average Bonchev–Trinajstić information content (AvgIpc) is 3.52. The van der Waals surface area contributed by atoms with Crippen LogP contribution in [-0.4, -0.2) is 89.1 Å². The molecular weight excluding hydrogens is 406 g/mol. The zero-order valence-electron chi connectivity index (χ0n) is 19.0. The number of aliphatic hydroxyl groups excluding tert-OH is 1. The molecule has 0 aromatic heterocycles. The zero-order chi connectivity index (χ0) is 22.3. The summed E-state index contributed by atoms with van der Waals surface area (Å²) in [7, 11) is 0. The molecule has 1 aromatic rings. The molecule has 3 aliphatic rings. The average molecular weight is 444 g/mol. The van der Waals surface area contributed by atoms with Gasteiger partial charge in [-0.1, -0.05) is 24.6 Å². The van der Waals surface area contributed by atoms with Crippen LogP contribution in [0.1, 0.15) is 51.4 Å². The van der Waals surface area contributed by atoms with Crippen molar-refractivity contribution >= 4 is 11.8 Å². The number of ether oxygens (including phenoxy) is 1. The van der Waals surface area contributed by atoms with Gasteiger partial charge in [-0.3, -0.25) is 9.59 Å². The van der Waals surface area contributed by atoms with Crippen LogP contribution in [0.25, 0.3) is 0 Å². The van der Waals surface area contributed by atoms with Gasteiger partial charge < -0.3 is 24.5 Å². The lowest BCUT2D eigenvalue weighted by Gasteiger charge is -2.34. The molecule has 32 heavy (non-hydrogen) atoms. The highest BCUT2D eigenvalue weighted by Gasteiger charge is 2.41. The normalized spacial score (nSPS) is 25.2. The van der Waals surface area contributed by atoms with Gasteiger partial charge in [-0.05, 0) is 63.7 Å². The van der Waals surface area contributed by atoms with Gasteiger partial charge in [0.25, 0.3) is 0 Å². The van der Waals surface area contributed by atoms with Crippen LogP contribution < -0.4 is 4.74 Å². The van der Waals surface area contributed by atoms with E-state index in [-0.39, 0.29) is 30.5 Å². The molecular formula is C25H37N3O4. The zero-order valence-corrected chi connectivity index (χ0v) is 19.0. The van der Waals surface area contributed by atoms with Gasteiger partial charge in [0.1, 0.15) is 24.5 Å². The summed E-state index contributed by atoms with van der Waals surface area (Å²) in [5.74, 6) is 0.800. The summed E-state index contributed by atoms with van der Waals surface area (Å²) in [6.07, 6.45) is 6.67. The Hall–Kier alpha value is -2.12. The molecule has 1 unspecified atom stereocenters. The molecule has 2 amide bonds. The lowest BCUT2D eigenvalue weighted by atomic mass is 10.1. The van der Waals surface area contributed by atoms with E-state index in [9.17, 15) is 14.7 Å². The molecule has 0 spiro atoms. The summed E-state index contributed by atoms with van der Waals surface area (Å²) in [6, 6.07) is 8.78. The van der Waals surface area contributed by atoms with Crippen molar-refractivity contribution in [3.05, 3.63) is 30.3 Å². The Balaban J connectivity index is 1.31. The third kappa shape index (κ3) is 5.62. The largest absolute Gasteiger partial charge is 0.491 e. The van der Waals surface area contributed by atoms with Crippen molar-refractivity contribution in [2.45, 2.75) is 69.6 Å². The van der Waals surface area contributed by atoms with Gasteiger partial charge in [0.2, 0.25) is 11.8 Å². The predicted molar refractivity (Wildman–Crippen MR) is 122 cm³/mol. The number of amides is 2. The van der Waals surface area contributed by atoms with E-state index in [4.69, 9.17) is 4.74 Å². The number of benzene rings is 1. The Morgan fingerprint density at radius 3 is 2.44 bits per heavy atom. The second kappa shape index (κ2) is 11.1. The standard InChI is InChI=1S/C25H37N3O4/c29-23(19-32-20-9-3-1-4-10-20)21-11-7-17-28(21)25(31)22-12-8-16-27(22)24(30)13-18-26-14-5-2-6-15-26/h1,3-4,9-10,21-23,29H,2,5-8,11-19H2/t21-,22+,23?/m0/s1. The molecule has 0 bridgehead atoms. The van der Waals surface area contributed by atoms with Gasteiger partial charge in [0.05, 0.1) is 6.04 Å². The molecule has 1 aromatic carbocycles. The van der Waals surface area contributed by atoms with Crippen molar-refractivity contribution in [3.63, 3.8) is 0 Å². The number of likely N-dealkylation sites (tertiary alicyclic amines) is 3. The van der Waals surface area contributed by atoms with Crippen LogP contribution in [0, 0.1) is 0 Å². The van der Waals surface area contributed by atoms with Crippen LogP contribution >= 0.6 is 0 Å². The SMILES string of the molecule is O=C(CCN1CCCCC1)N1CCC[C@@H]1C(=O)N1CCC[C@H]1C(O)COc1ccccc1. The number of hydrogen-bond donors (Lipinski definition) is 1. The van der Waals surface area contributed by atoms with E-state index in [1.54, 1.807) is 9.80 Å². The fraction of sp³-hybridized carbons (Fsp3) is 0.680. The van der Waals surface area contributed by atoms with Crippen LogP contribution in [0.15, 0.2) is 30.3 Å². The van der Waals surface area contributed by atoms with Gasteiger partial charge in [0.15, 0.2) is 0 Å². The van der Waals surface area contributed by atoms with Crippen LogP contribution in [-0.2, 0) is 9.59 Å². The number of aliphatic hydroxyl groups is 1. The van der Waals surface area contributed by atoms with Gasteiger partial charge >= 0.3 is 0 Å². The highest BCUT2D eigenvalue weighted by atomic mass is 16.5. The number of carbonyl (C=O) groups is 2. The van der Waals surface area contributed by atoms with Crippen LogP contribution in [0.2, 0.25) is 0 Å². The Morgan fingerprint density at radius 1 is 0.938 bits per heavy atom. The van der Waals surface area contributed by atoms with E-state index in [1.165, 1.54) is 19.3 Å². The van der Waals surface area contributed by atoms with Crippen molar-refractivity contribution in [3.8, 4) is 5.75 Å². The van der Waals surface area contributed by atoms with Crippen molar-refractivity contribution < 1.29 is 19.4 Å². The van der Waals surface area contributed by atoms with Crippen LogP contribution in [0.4, 0.5) is 0 Å². The third-order valence-electron chi connectivity index (χ3n) is 7.14. The molecule has 4 rings (SSSR count). The number of rotatable bonds is 8. The Bertz CT molecular complexity index is 753. The minimum atomic E-state index is -0.744. The molecule has 0 aliphatic carbocycles. The molecule has 3 heterocycles. The number of carbonyl (C=O) groups excluding carboxylic acids is 2. The van der Waals surface area contributed by atoms with Crippen molar-refractivity contribution in [1.29, 1.82) is 0 Å². The lowest BCUT2D eigenvalue weighted by Crippen LogP contribution is -2.52. The maximum absolute atomic E-state index is 13.4. The van der Waals surface area contributed by atoms with Crippen molar-refractivity contribution in [2.24, 2.45) is 0 Å². The van der Waals surface area contributed by atoms with E-state index in [2.05, 4.69) is 4.90 Å². The number of hydrogen-bond acceptors (Lipinski definition) is 5. The van der Waals surface area contributed by atoms with E-state index < -0.39 is 6.10 Å². The van der Waals surface area contributed by atoms with E-state index in [0.29, 0.717) is 31.7 Å². The molecule has 0 radical (unpaired) electrons. The molecule has 7 heteroatoms. The Kier molecular flexibility index (Phi) is 8.03. The molecule has 3 aliphatic heterocycles. The number of nitrogens with zero attached hydrogens (tertiary/aromatic N) is 3. The molecule has 1 N–H and O–H groups in total. The fourth-order valence-electron chi connectivity index (χ4n) is 5.37. The molecule has 3 saturated heterocycles. The second-order valence-corrected chi connectivity index (χ2v) is 9.33. The fourth-order valence-corrected chi connectivity index (χ4v) is 5.37. The maximum Gasteiger partial charge on any atom is 0.245 e. The molecule has 176 valence electrons. The van der Waals surface area contributed by atoms with Crippen molar-refractivity contribution in [2.75, 3.05) is 39.3 Å². The monoisotopic (exact) mass is 443 g/mol. The summed E-state index contributed by atoms with van der Waals surface area (Å²) < 4.78 is 5.73. The predicted octanol–water partition coefficient (Wildman–Crippen LogP) is 2.28. The topological polar surface area (TPSA) is 73.3 Å². The first kappa shape index (κ1) is 23.1. The van der Waals surface area contributed by atoms with Gasteiger partial charge in [-0.2, -0.15) is 0 Å². The minimum absolute atomic E-state index is 0.00455. The quantitative estimate of drug-likeness (QED) is 0.667.